The van der Waals surface area contributed by atoms with Gasteiger partial charge in [-0.1, -0.05) is 12.1 Å². The Bertz CT molecular complexity index is 1040. The average Bonchev–Trinajstić information content (AvgIpc) is 3.02. The summed E-state index contributed by atoms with van der Waals surface area (Å²) in [6.07, 6.45) is 1.65. The second-order valence-corrected chi connectivity index (χ2v) is 5.66. The van der Waals surface area contributed by atoms with Gasteiger partial charge in [0.2, 0.25) is 0 Å². The minimum absolute atomic E-state index is 0.187. The van der Waals surface area contributed by atoms with Crippen LogP contribution in [0.15, 0.2) is 52.2 Å². The maximum absolute atomic E-state index is 11.9. The molecule has 0 amide bonds. The van der Waals surface area contributed by atoms with Gasteiger partial charge in [0.25, 0.3) is 10.9 Å². The molecule has 7 nitrogen and oxygen atoms in total. The number of anilines is 3. The SMILES string of the molecule is O=C1OCc2ccc(Nc3c(NCc4ccccn4)c(=O)c3=O)cc21. The number of fused-ring (bicyclic) bond motifs is 1. The molecule has 0 unspecified atom stereocenters. The number of nitrogens with zero attached hydrogens (tertiary/aromatic N) is 1. The van der Waals surface area contributed by atoms with E-state index in [1.165, 1.54) is 0 Å². The summed E-state index contributed by atoms with van der Waals surface area (Å²) in [4.78, 5) is 39.5. The number of rotatable bonds is 5. The Morgan fingerprint density at radius 3 is 2.68 bits per heavy atom. The lowest BCUT2D eigenvalue weighted by Crippen LogP contribution is -2.36. The number of hydrogen-bond acceptors (Lipinski definition) is 7. The number of benzene rings is 1. The summed E-state index contributed by atoms with van der Waals surface area (Å²) in [6.45, 7) is 0.586. The summed E-state index contributed by atoms with van der Waals surface area (Å²) in [5, 5.41) is 5.85. The number of ether oxygens (including phenoxy) is 1. The van der Waals surface area contributed by atoms with Crippen LogP contribution in [0, 0.1) is 0 Å². The Morgan fingerprint density at radius 1 is 1.04 bits per heavy atom. The minimum atomic E-state index is -0.591. The van der Waals surface area contributed by atoms with Gasteiger partial charge in [0.05, 0.1) is 17.8 Å². The van der Waals surface area contributed by atoms with E-state index in [9.17, 15) is 14.4 Å². The van der Waals surface area contributed by atoms with E-state index in [1.54, 1.807) is 30.5 Å². The van der Waals surface area contributed by atoms with E-state index in [-0.39, 0.29) is 18.0 Å². The van der Waals surface area contributed by atoms with Crippen LogP contribution in [0.3, 0.4) is 0 Å². The zero-order chi connectivity index (χ0) is 17.4. The quantitative estimate of drug-likeness (QED) is 0.541. The molecule has 0 radical (unpaired) electrons. The molecule has 7 heteroatoms. The van der Waals surface area contributed by atoms with E-state index in [2.05, 4.69) is 15.6 Å². The molecule has 0 fully saturated rings. The first-order valence-electron chi connectivity index (χ1n) is 7.67. The van der Waals surface area contributed by atoms with Crippen molar-refractivity contribution < 1.29 is 9.53 Å². The van der Waals surface area contributed by atoms with Crippen LogP contribution in [0.4, 0.5) is 17.1 Å². The van der Waals surface area contributed by atoms with E-state index in [0.29, 0.717) is 17.8 Å². The third-order valence-corrected chi connectivity index (χ3v) is 4.04. The number of cyclic esters (lactones) is 1. The summed E-state index contributed by atoms with van der Waals surface area (Å²) < 4.78 is 4.95. The fourth-order valence-electron chi connectivity index (χ4n) is 2.70. The highest BCUT2D eigenvalue weighted by Crippen LogP contribution is 2.26. The van der Waals surface area contributed by atoms with Crippen LogP contribution in [-0.2, 0) is 17.9 Å². The predicted molar refractivity (Wildman–Crippen MR) is 91.8 cm³/mol. The second kappa shape index (κ2) is 5.86. The van der Waals surface area contributed by atoms with Gasteiger partial charge in [0.1, 0.15) is 18.0 Å². The molecule has 0 aliphatic carbocycles. The smallest absolute Gasteiger partial charge is 0.338 e. The van der Waals surface area contributed by atoms with Crippen LogP contribution in [0.25, 0.3) is 0 Å². The first-order chi connectivity index (χ1) is 12.1. The Balaban J connectivity index is 1.55. The first-order valence-corrected chi connectivity index (χ1v) is 7.67. The summed E-state index contributed by atoms with van der Waals surface area (Å²) in [7, 11) is 0. The number of carbonyl (C=O) groups excluding carboxylic acids is 1. The van der Waals surface area contributed by atoms with Crippen molar-refractivity contribution in [2.75, 3.05) is 10.6 Å². The van der Waals surface area contributed by atoms with Gasteiger partial charge in [-0.15, -0.1) is 0 Å². The molecule has 2 N–H and O–H groups in total. The van der Waals surface area contributed by atoms with Crippen molar-refractivity contribution in [3.05, 3.63) is 79.9 Å². The van der Waals surface area contributed by atoms with Gasteiger partial charge in [-0.2, -0.15) is 0 Å². The molecule has 1 aromatic heterocycles. The van der Waals surface area contributed by atoms with Crippen LogP contribution in [0.1, 0.15) is 21.6 Å². The molecule has 2 heterocycles. The summed E-state index contributed by atoms with van der Waals surface area (Å²) in [5.74, 6) is -0.392. The van der Waals surface area contributed by atoms with Crippen molar-refractivity contribution in [1.82, 2.24) is 4.98 Å². The highest BCUT2D eigenvalue weighted by atomic mass is 16.5. The Kier molecular flexibility index (Phi) is 3.53. The van der Waals surface area contributed by atoms with Crippen molar-refractivity contribution in [3.63, 3.8) is 0 Å². The van der Waals surface area contributed by atoms with Crippen LogP contribution in [0.5, 0.6) is 0 Å². The third kappa shape index (κ3) is 2.65. The topological polar surface area (TPSA) is 97.4 Å². The average molecular weight is 335 g/mol. The van der Waals surface area contributed by atoms with Crippen molar-refractivity contribution in [3.8, 4) is 0 Å². The zero-order valence-corrected chi connectivity index (χ0v) is 13.0. The minimum Gasteiger partial charge on any atom is -0.457 e. The van der Waals surface area contributed by atoms with Gasteiger partial charge < -0.3 is 15.4 Å². The molecule has 0 atom stereocenters. The number of aromatic nitrogens is 1. The number of carbonyl (C=O) groups is 1. The molecule has 0 spiro atoms. The van der Waals surface area contributed by atoms with Gasteiger partial charge in [-0.25, -0.2) is 4.79 Å². The molecule has 2 aromatic carbocycles. The monoisotopic (exact) mass is 335 g/mol. The standard InChI is InChI=1S/C18H13N3O4/c22-16-14(20-8-12-3-1-2-6-19-12)15(17(16)23)21-11-5-4-10-9-25-18(24)13(10)7-11/h1-7,20-21H,8-9H2. The van der Waals surface area contributed by atoms with E-state index in [0.717, 1.165) is 11.3 Å². The highest BCUT2D eigenvalue weighted by Gasteiger charge is 2.24. The van der Waals surface area contributed by atoms with Crippen molar-refractivity contribution in [2.45, 2.75) is 13.2 Å². The van der Waals surface area contributed by atoms with Gasteiger partial charge in [0.15, 0.2) is 0 Å². The Morgan fingerprint density at radius 2 is 1.88 bits per heavy atom. The van der Waals surface area contributed by atoms with Crippen molar-refractivity contribution >= 4 is 23.0 Å². The van der Waals surface area contributed by atoms with Gasteiger partial charge in [0, 0.05) is 17.4 Å². The molecule has 0 bridgehead atoms. The maximum atomic E-state index is 11.9. The van der Waals surface area contributed by atoms with Crippen LogP contribution in [-0.4, -0.2) is 11.0 Å². The Hall–Kier alpha value is -3.48. The molecule has 1 aliphatic rings. The number of nitrogens with one attached hydrogen (secondary N) is 2. The fourth-order valence-corrected chi connectivity index (χ4v) is 2.70. The zero-order valence-electron chi connectivity index (χ0n) is 13.0. The van der Waals surface area contributed by atoms with E-state index < -0.39 is 16.8 Å². The van der Waals surface area contributed by atoms with Gasteiger partial charge in [-0.05, 0) is 24.3 Å². The van der Waals surface area contributed by atoms with Crippen molar-refractivity contribution in [2.24, 2.45) is 0 Å². The van der Waals surface area contributed by atoms with Crippen LogP contribution in [0.2, 0.25) is 0 Å². The molecule has 4 rings (SSSR count). The maximum Gasteiger partial charge on any atom is 0.338 e. The molecule has 25 heavy (non-hydrogen) atoms. The molecule has 0 saturated carbocycles. The lowest BCUT2D eigenvalue weighted by molar-refractivity contribution is 0.0535. The van der Waals surface area contributed by atoms with Crippen LogP contribution < -0.4 is 21.5 Å². The lowest BCUT2D eigenvalue weighted by Gasteiger charge is -2.15. The van der Waals surface area contributed by atoms with Gasteiger partial charge >= 0.3 is 5.97 Å². The predicted octanol–water partition coefficient (Wildman–Crippen LogP) is 1.70. The second-order valence-electron chi connectivity index (χ2n) is 5.66. The molecular formula is C18H13N3O4. The summed E-state index contributed by atoms with van der Waals surface area (Å²) in [5.41, 5.74) is 1.81. The molecular weight excluding hydrogens is 322 g/mol. The molecule has 0 saturated heterocycles. The summed E-state index contributed by atoms with van der Waals surface area (Å²) >= 11 is 0. The largest absolute Gasteiger partial charge is 0.457 e. The normalized spacial score (nSPS) is 12.7. The van der Waals surface area contributed by atoms with E-state index in [4.69, 9.17) is 4.74 Å². The first kappa shape index (κ1) is 15.1. The third-order valence-electron chi connectivity index (χ3n) is 4.04. The molecule has 124 valence electrons. The van der Waals surface area contributed by atoms with E-state index >= 15 is 0 Å². The molecule has 3 aromatic rings. The van der Waals surface area contributed by atoms with E-state index in [1.807, 2.05) is 12.1 Å². The van der Waals surface area contributed by atoms with Crippen LogP contribution >= 0.6 is 0 Å². The summed E-state index contributed by atoms with van der Waals surface area (Å²) in [6, 6.07) is 10.6. The Labute approximate surface area is 142 Å². The van der Waals surface area contributed by atoms with Crippen molar-refractivity contribution in [1.29, 1.82) is 0 Å². The fraction of sp³-hybridized carbons (Fsp3) is 0.111. The number of pyridine rings is 1. The highest BCUT2D eigenvalue weighted by molar-refractivity contribution is 5.95. The lowest BCUT2D eigenvalue weighted by atomic mass is 10.1. The molecule has 1 aliphatic heterocycles. The van der Waals surface area contributed by atoms with Gasteiger partial charge in [-0.3, -0.25) is 14.6 Å². The number of hydrogen-bond donors (Lipinski definition) is 2. The number of esters is 1.